The molecule has 19 heavy (non-hydrogen) atoms. The predicted octanol–water partition coefficient (Wildman–Crippen LogP) is 2.44. The summed E-state index contributed by atoms with van der Waals surface area (Å²) in [4.78, 5) is 22.4. The highest BCUT2D eigenvalue weighted by Crippen LogP contribution is 2.23. The second kappa shape index (κ2) is 3.81. The lowest BCUT2D eigenvalue weighted by Gasteiger charge is -2.02. The molecule has 0 fully saturated rings. The van der Waals surface area contributed by atoms with Gasteiger partial charge in [0.25, 0.3) is 5.69 Å². The van der Waals surface area contributed by atoms with Crippen LogP contribution in [-0.4, -0.2) is 4.92 Å². The lowest BCUT2D eigenvalue weighted by molar-refractivity contribution is -0.384. The van der Waals surface area contributed by atoms with Crippen LogP contribution in [0, 0.1) is 10.1 Å². The van der Waals surface area contributed by atoms with Crippen molar-refractivity contribution < 1.29 is 9.34 Å². The molecule has 0 aliphatic carbocycles. The van der Waals surface area contributed by atoms with Gasteiger partial charge in [0.05, 0.1) is 21.8 Å². The fraction of sp³-hybridized carbons (Fsp3) is 0. The molecule has 2 N–H and O–H groups in total. The van der Waals surface area contributed by atoms with Gasteiger partial charge in [-0.1, -0.05) is 0 Å². The highest BCUT2D eigenvalue weighted by atomic mass is 16.6. The zero-order chi connectivity index (χ0) is 13.6. The molecule has 0 saturated heterocycles. The van der Waals surface area contributed by atoms with Crippen LogP contribution in [0.1, 0.15) is 0 Å². The van der Waals surface area contributed by atoms with E-state index in [0.717, 1.165) is 0 Å². The SMILES string of the molecule is Nc1ccc2c(=O)c3ccc([N+](=O)[O-])cc3oc2c1. The standard InChI is InChI=1S/C13H8N2O4/c14-7-1-3-9-11(5-7)19-12-6-8(15(17)18)2-4-10(12)13(9)16/h1-6H,14H2. The van der Waals surface area contributed by atoms with E-state index in [1.807, 2.05) is 0 Å². The van der Waals surface area contributed by atoms with E-state index in [4.69, 9.17) is 10.2 Å². The average molecular weight is 256 g/mol. The van der Waals surface area contributed by atoms with Crippen molar-refractivity contribution in [2.24, 2.45) is 0 Å². The second-order valence-electron chi connectivity index (χ2n) is 4.12. The highest BCUT2D eigenvalue weighted by molar-refractivity contribution is 5.91. The van der Waals surface area contributed by atoms with Gasteiger partial charge in [-0.15, -0.1) is 0 Å². The zero-order valence-corrected chi connectivity index (χ0v) is 9.62. The van der Waals surface area contributed by atoms with E-state index in [1.165, 1.54) is 24.3 Å². The summed E-state index contributed by atoms with van der Waals surface area (Å²) in [6, 6.07) is 8.62. The van der Waals surface area contributed by atoms with E-state index in [2.05, 4.69) is 0 Å². The van der Waals surface area contributed by atoms with Gasteiger partial charge in [-0.3, -0.25) is 14.9 Å². The molecule has 0 aliphatic rings. The van der Waals surface area contributed by atoms with Gasteiger partial charge in [0, 0.05) is 17.8 Å². The van der Waals surface area contributed by atoms with Crippen LogP contribution in [-0.2, 0) is 0 Å². The summed E-state index contributed by atoms with van der Waals surface area (Å²) in [7, 11) is 0. The Balaban J connectivity index is 2.46. The number of nitrogens with zero attached hydrogens (tertiary/aromatic N) is 1. The molecular formula is C13H8N2O4. The summed E-state index contributed by atoms with van der Waals surface area (Å²) in [5.41, 5.74) is 6.22. The first-order valence-electron chi connectivity index (χ1n) is 5.47. The van der Waals surface area contributed by atoms with Crippen molar-refractivity contribution in [2.75, 3.05) is 5.73 Å². The largest absolute Gasteiger partial charge is 0.455 e. The summed E-state index contributed by atoms with van der Waals surface area (Å²) >= 11 is 0. The van der Waals surface area contributed by atoms with E-state index >= 15 is 0 Å². The van der Waals surface area contributed by atoms with E-state index < -0.39 is 4.92 Å². The van der Waals surface area contributed by atoms with Crippen LogP contribution in [0.4, 0.5) is 11.4 Å². The van der Waals surface area contributed by atoms with Gasteiger partial charge in [-0.2, -0.15) is 0 Å². The van der Waals surface area contributed by atoms with Crippen molar-refractivity contribution >= 4 is 33.3 Å². The summed E-state index contributed by atoms with van der Waals surface area (Å²) in [5, 5.41) is 11.4. The monoisotopic (exact) mass is 256 g/mol. The van der Waals surface area contributed by atoms with Gasteiger partial charge < -0.3 is 10.2 Å². The first-order valence-corrected chi connectivity index (χ1v) is 5.47. The van der Waals surface area contributed by atoms with Crippen LogP contribution < -0.4 is 11.2 Å². The summed E-state index contributed by atoms with van der Waals surface area (Å²) in [6.45, 7) is 0. The van der Waals surface area contributed by atoms with Crippen LogP contribution in [0.25, 0.3) is 21.9 Å². The van der Waals surface area contributed by atoms with Gasteiger partial charge in [0.15, 0.2) is 0 Å². The van der Waals surface area contributed by atoms with Crippen LogP contribution in [0.2, 0.25) is 0 Å². The topological polar surface area (TPSA) is 99.4 Å². The number of nitrogen functional groups attached to an aromatic ring is 1. The number of nitro groups is 1. The Kier molecular flexibility index (Phi) is 2.25. The smallest absolute Gasteiger partial charge is 0.273 e. The molecule has 2 aromatic carbocycles. The molecule has 0 spiro atoms. The average Bonchev–Trinajstić information content (AvgIpc) is 2.37. The molecule has 0 amide bonds. The molecule has 6 nitrogen and oxygen atoms in total. The molecule has 0 atom stereocenters. The summed E-state index contributed by atoms with van der Waals surface area (Å²) < 4.78 is 5.51. The van der Waals surface area contributed by atoms with Crippen molar-refractivity contribution in [3.8, 4) is 0 Å². The van der Waals surface area contributed by atoms with Gasteiger partial charge in [-0.05, 0) is 18.2 Å². The molecular weight excluding hydrogens is 248 g/mol. The molecule has 6 heteroatoms. The Morgan fingerprint density at radius 1 is 1.05 bits per heavy atom. The number of benzene rings is 2. The number of hydrogen-bond donors (Lipinski definition) is 1. The molecule has 1 heterocycles. The first-order chi connectivity index (χ1) is 9.06. The van der Waals surface area contributed by atoms with E-state index in [0.29, 0.717) is 22.0 Å². The third kappa shape index (κ3) is 1.70. The van der Waals surface area contributed by atoms with E-state index in [1.54, 1.807) is 12.1 Å². The van der Waals surface area contributed by atoms with Crippen LogP contribution in [0.3, 0.4) is 0 Å². The number of anilines is 1. The minimum absolute atomic E-state index is 0.126. The van der Waals surface area contributed by atoms with Crippen LogP contribution in [0.15, 0.2) is 45.6 Å². The Bertz CT molecular complexity index is 883. The highest BCUT2D eigenvalue weighted by Gasteiger charge is 2.12. The number of nitrogens with two attached hydrogens (primary N) is 1. The number of fused-ring (bicyclic) bond motifs is 2. The minimum atomic E-state index is -0.539. The van der Waals surface area contributed by atoms with E-state index in [9.17, 15) is 14.9 Å². The van der Waals surface area contributed by atoms with Crippen molar-refractivity contribution in [1.82, 2.24) is 0 Å². The molecule has 1 aromatic heterocycles. The normalized spacial score (nSPS) is 10.9. The second-order valence-corrected chi connectivity index (χ2v) is 4.12. The summed E-state index contributed by atoms with van der Waals surface area (Å²) in [6.07, 6.45) is 0. The Labute approximate surface area is 106 Å². The Hall–Kier alpha value is -2.89. The molecule has 0 unspecified atom stereocenters. The lowest BCUT2D eigenvalue weighted by atomic mass is 10.1. The third-order valence-electron chi connectivity index (χ3n) is 2.89. The van der Waals surface area contributed by atoms with Crippen molar-refractivity contribution in [3.63, 3.8) is 0 Å². The van der Waals surface area contributed by atoms with Gasteiger partial charge in [0.2, 0.25) is 5.43 Å². The maximum Gasteiger partial charge on any atom is 0.273 e. The van der Waals surface area contributed by atoms with Crippen LogP contribution in [0.5, 0.6) is 0 Å². The van der Waals surface area contributed by atoms with Gasteiger partial charge >= 0.3 is 0 Å². The molecule has 94 valence electrons. The third-order valence-corrected chi connectivity index (χ3v) is 2.89. The molecule has 0 bridgehead atoms. The van der Waals surface area contributed by atoms with Crippen molar-refractivity contribution in [1.29, 1.82) is 0 Å². The fourth-order valence-electron chi connectivity index (χ4n) is 1.97. The minimum Gasteiger partial charge on any atom is -0.455 e. The van der Waals surface area contributed by atoms with Crippen molar-refractivity contribution in [3.05, 3.63) is 56.7 Å². The van der Waals surface area contributed by atoms with Crippen molar-refractivity contribution in [2.45, 2.75) is 0 Å². The first kappa shape index (κ1) is 11.2. The molecule has 0 saturated carbocycles. The molecule has 3 aromatic rings. The Morgan fingerprint density at radius 2 is 1.68 bits per heavy atom. The number of nitro benzene ring substituents is 1. The van der Waals surface area contributed by atoms with Gasteiger partial charge in [-0.25, -0.2) is 0 Å². The number of hydrogen-bond acceptors (Lipinski definition) is 5. The lowest BCUT2D eigenvalue weighted by Crippen LogP contribution is -2.02. The predicted molar refractivity (Wildman–Crippen MR) is 71.1 cm³/mol. The number of rotatable bonds is 1. The quantitative estimate of drug-likeness (QED) is 0.312. The zero-order valence-electron chi connectivity index (χ0n) is 9.62. The van der Waals surface area contributed by atoms with Gasteiger partial charge in [0.1, 0.15) is 11.2 Å². The summed E-state index contributed by atoms with van der Waals surface area (Å²) in [5.74, 6) is 0. The maximum atomic E-state index is 12.2. The molecule has 3 rings (SSSR count). The number of non-ortho nitro benzene ring substituents is 1. The fourth-order valence-corrected chi connectivity index (χ4v) is 1.97. The molecule has 0 radical (unpaired) electrons. The van der Waals surface area contributed by atoms with E-state index in [-0.39, 0.29) is 16.7 Å². The Morgan fingerprint density at radius 3 is 2.37 bits per heavy atom. The molecule has 0 aliphatic heterocycles. The maximum absolute atomic E-state index is 12.2. The van der Waals surface area contributed by atoms with Crippen LogP contribution >= 0.6 is 0 Å².